The average Bonchev–Trinajstić information content (AvgIpc) is 2.87. The molecule has 0 saturated heterocycles. The maximum Gasteiger partial charge on any atom is 0.343 e. The third-order valence-electron chi connectivity index (χ3n) is 5.15. The molecule has 0 fully saturated rings. The van der Waals surface area contributed by atoms with E-state index in [0.717, 1.165) is 16.7 Å². The van der Waals surface area contributed by atoms with E-state index in [1.54, 1.807) is 30.3 Å². The standard InChI is InChI=1S/C26H23Cl2NO6/c1-33-23(30)15-35-22-9-4-3-6-18(22)17-12-10-16(11-13-17)14-21(26(32)34-2)29-25(31)24-19(27)7-5-8-20(24)28/h3-13,21H,14-15H2,1-2H3,(H,29,31)/t21-/m0/s1. The van der Waals surface area contributed by atoms with E-state index in [2.05, 4.69) is 10.1 Å². The lowest BCUT2D eigenvalue weighted by Crippen LogP contribution is -2.43. The average molecular weight is 516 g/mol. The van der Waals surface area contributed by atoms with Crippen molar-refractivity contribution < 1.29 is 28.6 Å². The second-order valence-corrected chi connectivity index (χ2v) is 8.22. The topological polar surface area (TPSA) is 90.9 Å². The van der Waals surface area contributed by atoms with Gasteiger partial charge in [-0.3, -0.25) is 4.79 Å². The van der Waals surface area contributed by atoms with Crippen LogP contribution in [0.4, 0.5) is 0 Å². The van der Waals surface area contributed by atoms with E-state index in [1.807, 2.05) is 36.4 Å². The number of hydrogen-bond acceptors (Lipinski definition) is 6. The number of benzene rings is 3. The van der Waals surface area contributed by atoms with E-state index in [1.165, 1.54) is 14.2 Å². The Kier molecular flexibility index (Phi) is 9.11. The normalized spacial score (nSPS) is 11.3. The summed E-state index contributed by atoms with van der Waals surface area (Å²) >= 11 is 12.2. The molecule has 0 spiro atoms. The first-order valence-electron chi connectivity index (χ1n) is 10.5. The van der Waals surface area contributed by atoms with Crippen LogP contribution in [0.2, 0.25) is 10.0 Å². The Hall–Kier alpha value is -3.55. The highest BCUT2D eigenvalue weighted by atomic mass is 35.5. The number of hydrogen-bond donors (Lipinski definition) is 1. The minimum absolute atomic E-state index is 0.0867. The van der Waals surface area contributed by atoms with E-state index in [0.29, 0.717) is 5.75 Å². The van der Waals surface area contributed by atoms with Crippen molar-refractivity contribution in [1.82, 2.24) is 5.32 Å². The minimum atomic E-state index is -0.957. The van der Waals surface area contributed by atoms with E-state index < -0.39 is 23.9 Å². The van der Waals surface area contributed by atoms with Gasteiger partial charge in [0.1, 0.15) is 11.8 Å². The van der Waals surface area contributed by atoms with Crippen molar-refractivity contribution in [2.45, 2.75) is 12.5 Å². The Balaban J connectivity index is 1.77. The number of carbonyl (C=O) groups is 3. The number of nitrogens with one attached hydrogen (secondary N) is 1. The van der Waals surface area contributed by atoms with Crippen molar-refractivity contribution >= 4 is 41.0 Å². The molecule has 0 bridgehead atoms. The second kappa shape index (κ2) is 12.2. The van der Waals surface area contributed by atoms with E-state index in [9.17, 15) is 14.4 Å². The fraction of sp³-hybridized carbons (Fsp3) is 0.192. The highest BCUT2D eigenvalue weighted by Gasteiger charge is 2.25. The van der Waals surface area contributed by atoms with Crippen LogP contribution in [0, 0.1) is 0 Å². The molecule has 0 radical (unpaired) electrons. The van der Waals surface area contributed by atoms with E-state index in [-0.39, 0.29) is 28.6 Å². The lowest BCUT2D eigenvalue weighted by Gasteiger charge is -2.18. The van der Waals surface area contributed by atoms with Gasteiger partial charge in [0.2, 0.25) is 0 Å². The summed E-state index contributed by atoms with van der Waals surface area (Å²) in [5.74, 6) is -1.14. The molecular formula is C26H23Cl2NO6. The van der Waals surface area contributed by atoms with Crippen LogP contribution < -0.4 is 10.1 Å². The summed E-state index contributed by atoms with van der Waals surface area (Å²) in [5.41, 5.74) is 2.50. The number of rotatable bonds is 9. The van der Waals surface area contributed by atoms with Crippen LogP contribution in [0.5, 0.6) is 5.75 Å². The first kappa shape index (κ1) is 26.1. The molecule has 0 unspecified atom stereocenters. The summed E-state index contributed by atoms with van der Waals surface area (Å²) in [7, 11) is 2.54. The highest BCUT2D eigenvalue weighted by molar-refractivity contribution is 6.39. The molecule has 0 aliphatic rings. The minimum Gasteiger partial charge on any atom is -0.481 e. The molecule has 0 aliphatic carbocycles. The quantitative estimate of drug-likeness (QED) is 0.414. The van der Waals surface area contributed by atoms with Crippen LogP contribution in [0.15, 0.2) is 66.7 Å². The molecule has 182 valence electrons. The molecule has 3 rings (SSSR count). The molecule has 0 heterocycles. The van der Waals surface area contributed by atoms with Crippen LogP contribution in [0.3, 0.4) is 0 Å². The Morgan fingerprint density at radius 1 is 0.857 bits per heavy atom. The fourth-order valence-electron chi connectivity index (χ4n) is 3.36. The summed E-state index contributed by atoms with van der Waals surface area (Å²) in [6, 6.07) is 18.4. The Morgan fingerprint density at radius 3 is 2.14 bits per heavy atom. The number of amides is 1. The lowest BCUT2D eigenvalue weighted by molar-refractivity contribution is -0.143. The monoisotopic (exact) mass is 515 g/mol. The molecular weight excluding hydrogens is 493 g/mol. The largest absolute Gasteiger partial charge is 0.481 e. The van der Waals surface area contributed by atoms with Crippen molar-refractivity contribution in [3.05, 3.63) is 87.9 Å². The molecule has 3 aromatic carbocycles. The van der Waals surface area contributed by atoms with Crippen molar-refractivity contribution in [3.8, 4) is 16.9 Å². The van der Waals surface area contributed by atoms with Gasteiger partial charge in [-0.15, -0.1) is 0 Å². The van der Waals surface area contributed by atoms with Gasteiger partial charge in [0.05, 0.1) is 29.8 Å². The number of ether oxygens (including phenoxy) is 3. The number of esters is 2. The molecule has 0 aromatic heterocycles. The van der Waals surface area contributed by atoms with Crippen LogP contribution in [-0.2, 0) is 25.5 Å². The molecule has 0 aliphatic heterocycles. The van der Waals surface area contributed by atoms with Crippen LogP contribution in [0.1, 0.15) is 15.9 Å². The smallest absolute Gasteiger partial charge is 0.343 e. The fourth-order valence-corrected chi connectivity index (χ4v) is 3.93. The summed E-state index contributed by atoms with van der Waals surface area (Å²) in [5, 5.41) is 3.01. The van der Waals surface area contributed by atoms with Gasteiger partial charge in [-0.05, 0) is 29.3 Å². The van der Waals surface area contributed by atoms with Gasteiger partial charge in [0.25, 0.3) is 5.91 Å². The SMILES string of the molecule is COC(=O)COc1ccccc1-c1ccc(C[C@H](NC(=O)c2c(Cl)cccc2Cl)C(=O)OC)cc1. The molecule has 9 heteroatoms. The first-order chi connectivity index (χ1) is 16.8. The molecule has 0 saturated carbocycles. The lowest BCUT2D eigenvalue weighted by atomic mass is 9.99. The van der Waals surface area contributed by atoms with Gasteiger partial charge in [-0.2, -0.15) is 0 Å². The second-order valence-electron chi connectivity index (χ2n) is 7.41. The third-order valence-corrected chi connectivity index (χ3v) is 5.78. The van der Waals surface area contributed by atoms with Gasteiger partial charge in [-0.1, -0.05) is 71.7 Å². The molecule has 1 N–H and O–H groups in total. The third kappa shape index (κ3) is 6.74. The number of methoxy groups -OCH3 is 2. The Bertz CT molecular complexity index is 1190. The zero-order chi connectivity index (χ0) is 25.4. The van der Waals surface area contributed by atoms with Gasteiger partial charge in [-0.25, -0.2) is 9.59 Å². The van der Waals surface area contributed by atoms with Crippen molar-refractivity contribution in [2.24, 2.45) is 0 Å². The Labute approximate surface area is 212 Å². The maximum absolute atomic E-state index is 12.8. The first-order valence-corrected chi connectivity index (χ1v) is 11.3. The van der Waals surface area contributed by atoms with Crippen molar-refractivity contribution in [1.29, 1.82) is 0 Å². The zero-order valence-electron chi connectivity index (χ0n) is 19.0. The molecule has 35 heavy (non-hydrogen) atoms. The summed E-state index contributed by atoms with van der Waals surface area (Å²) in [4.78, 5) is 36.6. The van der Waals surface area contributed by atoms with Crippen LogP contribution in [-0.4, -0.2) is 44.7 Å². The van der Waals surface area contributed by atoms with Gasteiger partial charge >= 0.3 is 11.9 Å². The molecule has 7 nitrogen and oxygen atoms in total. The van der Waals surface area contributed by atoms with Crippen LogP contribution in [0.25, 0.3) is 11.1 Å². The van der Waals surface area contributed by atoms with Gasteiger partial charge in [0.15, 0.2) is 6.61 Å². The molecule has 1 atom stereocenters. The highest BCUT2D eigenvalue weighted by Crippen LogP contribution is 2.30. The summed E-state index contributed by atoms with van der Waals surface area (Å²) in [6.45, 7) is -0.207. The summed E-state index contributed by atoms with van der Waals surface area (Å²) < 4.78 is 15.1. The van der Waals surface area contributed by atoms with E-state index in [4.69, 9.17) is 32.7 Å². The molecule has 1 amide bonds. The number of carbonyl (C=O) groups excluding carboxylic acids is 3. The van der Waals surface area contributed by atoms with Crippen LogP contribution >= 0.6 is 23.2 Å². The van der Waals surface area contributed by atoms with Crippen molar-refractivity contribution in [2.75, 3.05) is 20.8 Å². The van der Waals surface area contributed by atoms with Crippen molar-refractivity contribution in [3.63, 3.8) is 0 Å². The van der Waals surface area contributed by atoms with Gasteiger partial charge < -0.3 is 19.5 Å². The zero-order valence-corrected chi connectivity index (χ0v) is 20.6. The summed E-state index contributed by atoms with van der Waals surface area (Å²) in [6.07, 6.45) is 0.182. The number of halogens is 2. The predicted octanol–water partition coefficient (Wildman–Crippen LogP) is 4.73. The van der Waals surface area contributed by atoms with Gasteiger partial charge in [0, 0.05) is 12.0 Å². The van der Waals surface area contributed by atoms with E-state index >= 15 is 0 Å². The predicted molar refractivity (Wildman–Crippen MR) is 133 cm³/mol. The Morgan fingerprint density at radius 2 is 1.51 bits per heavy atom. The number of para-hydroxylation sites is 1. The molecule has 3 aromatic rings. The maximum atomic E-state index is 12.8.